The van der Waals surface area contributed by atoms with Gasteiger partial charge in [-0.2, -0.15) is 13.2 Å². The fourth-order valence-corrected chi connectivity index (χ4v) is 2.98. The summed E-state index contributed by atoms with van der Waals surface area (Å²) in [5.74, 6) is -1.94. The van der Waals surface area contributed by atoms with Crippen molar-refractivity contribution in [1.29, 1.82) is 0 Å². The van der Waals surface area contributed by atoms with Crippen molar-refractivity contribution in [3.05, 3.63) is 34.9 Å². The summed E-state index contributed by atoms with van der Waals surface area (Å²) in [5.41, 5.74) is -2.17. The molecule has 1 aliphatic carbocycles. The molecular weight excluding hydrogens is 306 g/mol. The first kappa shape index (κ1) is 14.8. The third-order valence-corrected chi connectivity index (χ3v) is 4.18. The number of hydrogen-bond donors (Lipinski definition) is 1. The number of carbonyl (C=O) groups is 2. The van der Waals surface area contributed by atoms with Crippen molar-refractivity contribution in [2.45, 2.75) is 24.2 Å². The zero-order valence-corrected chi connectivity index (χ0v) is 11.2. The van der Waals surface area contributed by atoms with Crippen LogP contribution in [0.2, 0.25) is 0 Å². The van der Waals surface area contributed by atoms with Crippen molar-refractivity contribution < 1.29 is 32.3 Å². The summed E-state index contributed by atoms with van der Waals surface area (Å²) in [6.45, 7) is -0.818. The second-order valence-corrected chi connectivity index (χ2v) is 5.64. The molecule has 1 saturated carbocycles. The number of amides is 1. The van der Waals surface area contributed by atoms with Gasteiger partial charge in [-0.3, -0.25) is 9.59 Å². The molecule has 22 heavy (non-hydrogen) atoms. The van der Waals surface area contributed by atoms with E-state index in [1.807, 2.05) is 0 Å². The first-order valence-electron chi connectivity index (χ1n) is 6.52. The van der Waals surface area contributed by atoms with Gasteiger partial charge in [0.05, 0.1) is 5.56 Å². The highest BCUT2D eigenvalue weighted by Gasteiger charge is 2.61. The molecule has 0 saturated heterocycles. The highest BCUT2D eigenvalue weighted by atomic mass is 19.4. The molecule has 0 bridgehead atoms. The van der Waals surface area contributed by atoms with Crippen LogP contribution in [0.15, 0.2) is 18.2 Å². The number of benzene rings is 1. The fourth-order valence-electron chi connectivity index (χ4n) is 2.98. The van der Waals surface area contributed by atoms with Crippen LogP contribution in [0.1, 0.15) is 27.9 Å². The second kappa shape index (κ2) is 4.44. The van der Waals surface area contributed by atoms with Gasteiger partial charge in [-0.25, -0.2) is 4.39 Å². The number of nitrogens with zero attached hydrogens (tertiary/aromatic N) is 1. The average molecular weight is 317 g/mol. The Morgan fingerprint density at radius 2 is 2.05 bits per heavy atom. The number of alkyl halides is 4. The molecule has 2 aliphatic rings. The molecule has 1 amide bonds. The van der Waals surface area contributed by atoms with Crippen LogP contribution in [0.3, 0.4) is 0 Å². The van der Waals surface area contributed by atoms with Crippen molar-refractivity contribution >= 4 is 11.9 Å². The third kappa shape index (κ3) is 2.13. The van der Waals surface area contributed by atoms with Gasteiger partial charge >= 0.3 is 12.1 Å². The van der Waals surface area contributed by atoms with Gasteiger partial charge in [0.2, 0.25) is 0 Å². The number of aliphatic carboxylic acids is 1. The van der Waals surface area contributed by atoms with Crippen LogP contribution >= 0.6 is 0 Å². The van der Waals surface area contributed by atoms with Gasteiger partial charge in [0.15, 0.2) is 0 Å². The number of carbonyl (C=O) groups excluding carboxylic acids is 1. The molecule has 0 radical (unpaired) electrons. The minimum Gasteiger partial charge on any atom is -0.480 e. The Hall–Kier alpha value is -2.12. The summed E-state index contributed by atoms with van der Waals surface area (Å²) in [5, 5.41) is 8.80. The van der Waals surface area contributed by atoms with Crippen molar-refractivity contribution in [3.63, 3.8) is 0 Å². The van der Waals surface area contributed by atoms with Crippen LogP contribution in [-0.2, 0) is 16.4 Å². The van der Waals surface area contributed by atoms with Crippen molar-refractivity contribution in [3.8, 4) is 0 Å². The molecule has 4 nitrogen and oxygen atoms in total. The van der Waals surface area contributed by atoms with E-state index >= 15 is 0 Å². The van der Waals surface area contributed by atoms with Crippen LogP contribution in [0.4, 0.5) is 17.6 Å². The number of halogens is 4. The van der Waals surface area contributed by atoms with Crippen LogP contribution in [-0.4, -0.2) is 41.1 Å². The van der Waals surface area contributed by atoms with Crippen molar-refractivity contribution in [1.82, 2.24) is 4.90 Å². The molecule has 1 unspecified atom stereocenters. The molecule has 1 heterocycles. The average Bonchev–Trinajstić information content (AvgIpc) is 3.04. The number of carboxylic acid groups (broad SMARTS) is 1. The minimum atomic E-state index is -4.59. The zero-order chi connectivity index (χ0) is 16.3. The maximum Gasteiger partial charge on any atom is 0.416 e. The molecule has 118 valence electrons. The summed E-state index contributed by atoms with van der Waals surface area (Å²) in [6, 6.07) is 2.57. The molecule has 8 heteroatoms. The van der Waals surface area contributed by atoms with E-state index in [1.54, 1.807) is 0 Å². The Morgan fingerprint density at radius 3 is 2.55 bits per heavy atom. The predicted octanol–water partition coefficient (Wildman–Crippen LogP) is 2.23. The first-order chi connectivity index (χ1) is 10.1. The number of carboxylic acids is 1. The summed E-state index contributed by atoms with van der Waals surface area (Å²) >= 11 is 0. The summed E-state index contributed by atoms with van der Waals surface area (Å²) in [6.07, 6.45) is -5.97. The third-order valence-electron chi connectivity index (χ3n) is 4.18. The standard InChI is InChI=1S/C14H11F4NO3/c15-10-4-13(10)6-19(5-11(20)21)12(22)8-2-1-7(3-9(8)13)14(16,17)18/h1-3,10H,4-6H2,(H,20,21)/t10-,13?/m1/s1. The first-order valence-corrected chi connectivity index (χ1v) is 6.52. The normalized spacial score (nSPS) is 27.0. The Morgan fingerprint density at radius 1 is 1.41 bits per heavy atom. The fraction of sp³-hybridized carbons (Fsp3) is 0.429. The zero-order valence-electron chi connectivity index (χ0n) is 11.2. The number of hydrogen-bond acceptors (Lipinski definition) is 2. The van der Waals surface area contributed by atoms with E-state index in [4.69, 9.17) is 5.11 Å². The van der Waals surface area contributed by atoms with Crippen LogP contribution in [0, 0.1) is 0 Å². The van der Waals surface area contributed by atoms with E-state index in [1.165, 1.54) is 0 Å². The van der Waals surface area contributed by atoms with E-state index in [0.29, 0.717) is 0 Å². The predicted molar refractivity (Wildman–Crippen MR) is 66.2 cm³/mol. The summed E-state index contributed by atoms with van der Waals surface area (Å²) in [4.78, 5) is 24.0. The van der Waals surface area contributed by atoms with E-state index in [2.05, 4.69) is 0 Å². The van der Waals surface area contributed by atoms with Gasteiger partial charge in [0.1, 0.15) is 12.7 Å². The largest absolute Gasteiger partial charge is 0.480 e. The molecule has 3 rings (SSSR count). The van der Waals surface area contributed by atoms with Gasteiger partial charge in [-0.15, -0.1) is 0 Å². The minimum absolute atomic E-state index is 0.00922. The molecule has 1 spiro atoms. The van der Waals surface area contributed by atoms with Crippen molar-refractivity contribution in [2.24, 2.45) is 0 Å². The molecule has 1 fully saturated rings. The Kier molecular flexibility index (Phi) is 2.99. The number of rotatable bonds is 2. The molecule has 1 aliphatic heterocycles. The maximum atomic E-state index is 13.8. The lowest BCUT2D eigenvalue weighted by Gasteiger charge is -2.34. The molecule has 0 aromatic heterocycles. The monoisotopic (exact) mass is 317 g/mol. The van der Waals surface area contributed by atoms with E-state index in [9.17, 15) is 27.2 Å². The van der Waals surface area contributed by atoms with Crippen LogP contribution < -0.4 is 0 Å². The molecule has 1 aromatic carbocycles. The SMILES string of the molecule is O=C(O)CN1CC2(C[C@H]2F)c2cc(C(F)(F)F)ccc2C1=O. The van der Waals surface area contributed by atoms with Gasteiger partial charge in [-0.1, -0.05) is 0 Å². The van der Waals surface area contributed by atoms with E-state index < -0.39 is 41.7 Å². The maximum absolute atomic E-state index is 13.8. The van der Waals surface area contributed by atoms with E-state index in [0.717, 1.165) is 23.1 Å². The van der Waals surface area contributed by atoms with Crippen LogP contribution in [0.5, 0.6) is 0 Å². The molecule has 1 N–H and O–H groups in total. The Labute approximate surface area is 122 Å². The van der Waals surface area contributed by atoms with Gasteiger partial charge in [0.25, 0.3) is 5.91 Å². The summed E-state index contributed by atoms with van der Waals surface area (Å²) < 4.78 is 52.2. The lowest BCUT2D eigenvalue weighted by atomic mass is 9.85. The van der Waals surface area contributed by atoms with Gasteiger partial charge < -0.3 is 10.0 Å². The Balaban J connectivity index is 2.08. The Bertz CT molecular complexity index is 673. The van der Waals surface area contributed by atoms with Crippen LogP contribution in [0.25, 0.3) is 0 Å². The molecule has 2 atom stereocenters. The lowest BCUT2D eigenvalue weighted by molar-refractivity contribution is -0.138. The van der Waals surface area contributed by atoms with Gasteiger partial charge in [0, 0.05) is 17.5 Å². The highest BCUT2D eigenvalue weighted by Crippen LogP contribution is 2.55. The smallest absolute Gasteiger partial charge is 0.416 e. The van der Waals surface area contributed by atoms with E-state index in [-0.39, 0.29) is 24.1 Å². The summed E-state index contributed by atoms with van der Waals surface area (Å²) in [7, 11) is 0. The highest BCUT2D eigenvalue weighted by molar-refractivity contribution is 5.99. The molecular formula is C14H11F4NO3. The van der Waals surface area contributed by atoms with Crippen molar-refractivity contribution in [2.75, 3.05) is 13.1 Å². The topological polar surface area (TPSA) is 57.6 Å². The van der Waals surface area contributed by atoms with Gasteiger partial charge in [-0.05, 0) is 30.2 Å². The second-order valence-electron chi connectivity index (χ2n) is 5.64. The molecule has 1 aromatic rings. The quantitative estimate of drug-likeness (QED) is 0.851. The lowest BCUT2D eigenvalue weighted by Crippen LogP contribution is -2.46. The number of fused-ring (bicyclic) bond motifs is 2.